The van der Waals surface area contributed by atoms with Gasteiger partial charge in [0, 0.05) is 10.7 Å². The van der Waals surface area contributed by atoms with Crippen molar-refractivity contribution in [3.8, 4) is 0 Å². The van der Waals surface area contributed by atoms with Crippen LogP contribution in [0.5, 0.6) is 0 Å². The standard InChI is InChI=1S/C13H15BrF2N2O2/c1-7-8(14)5-17-10-9(7)18(6-13(10,15)16)11(19)20-12(2,3)4/h5H,6H2,1-4H3. The van der Waals surface area contributed by atoms with Crippen molar-refractivity contribution in [2.45, 2.75) is 39.2 Å². The zero-order valence-corrected chi connectivity index (χ0v) is 13.2. The fraction of sp³-hybridized carbons (Fsp3) is 0.538. The fourth-order valence-corrected chi connectivity index (χ4v) is 2.28. The van der Waals surface area contributed by atoms with Crippen molar-refractivity contribution in [2.75, 3.05) is 11.4 Å². The number of pyridine rings is 1. The van der Waals surface area contributed by atoms with Crippen molar-refractivity contribution >= 4 is 27.7 Å². The summed E-state index contributed by atoms with van der Waals surface area (Å²) in [5.74, 6) is -3.17. The number of carbonyl (C=O) groups is 1. The molecule has 20 heavy (non-hydrogen) atoms. The van der Waals surface area contributed by atoms with Crippen LogP contribution in [-0.2, 0) is 10.7 Å². The number of ether oxygens (including phenoxy) is 1. The second-order valence-corrected chi connectivity index (χ2v) is 6.55. The van der Waals surface area contributed by atoms with Crippen LogP contribution in [0.15, 0.2) is 10.7 Å². The summed E-state index contributed by atoms with van der Waals surface area (Å²) in [6.45, 7) is 5.97. The monoisotopic (exact) mass is 348 g/mol. The maximum absolute atomic E-state index is 14.0. The third-order valence-electron chi connectivity index (χ3n) is 2.83. The molecule has 1 amide bonds. The molecular weight excluding hydrogens is 334 g/mol. The van der Waals surface area contributed by atoms with Gasteiger partial charge in [-0.05, 0) is 49.2 Å². The van der Waals surface area contributed by atoms with Gasteiger partial charge in [-0.2, -0.15) is 8.78 Å². The summed E-state index contributed by atoms with van der Waals surface area (Å²) in [4.78, 5) is 16.8. The highest BCUT2D eigenvalue weighted by Gasteiger charge is 2.49. The van der Waals surface area contributed by atoms with E-state index in [0.29, 0.717) is 10.0 Å². The van der Waals surface area contributed by atoms with Crippen LogP contribution in [0.4, 0.5) is 19.3 Å². The number of hydrogen-bond acceptors (Lipinski definition) is 3. The molecule has 7 heteroatoms. The zero-order chi connectivity index (χ0) is 15.3. The SMILES string of the molecule is Cc1c(Br)cnc2c1N(C(=O)OC(C)(C)C)CC2(F)F. The minimum atomic E-state index is -3.17. The quantitative estimate of drug-likeness (QED) is 0.711. The van der Waals surface area contributed by atoms with Crippen LogP contribution in [0.25, 0.3) is 0 Å². The van der Waals surface area contributed by atoms with Gasteiger partial charge in [0.2, 0.25) is 0 Å². The summed E-state index contributed by atoms with van der Waals surface area (Å²) in [6, 6.07) is 0. The van der Waals surface area contributed by atoms with Gasteiger partial charge in [0.05, 0.1) is 12.2 Å². The lowest BCUT2D eigenvalue weighted by atomic mass is 10.2. The molecule has 0 unspecified atom stereocenters. The average molecular weight is 349 g/mol. The molecule has 1 aromatic rings. The number of alkyl halides is 2. The van der Waals surface area contributed by atoms with E-state index in [4.69, 9.17) is 4.74 Å². The van der Waals surface area contributed by atoms with Crippen LogP contribution in [-0.4, -0.2) is 23.2 Å². The molecular formula is C13H15BrF2N2O2. The Bertz CT molecular complexity index is 570. The van der Waals surface area contributed by atoms with Gasteiger partial charge >= 0.3 is 12.0 Å². The minimum Gasteiger partial charge on any atom is -0.443 e. The topological polar surface area (TPSA) is 42.4 Å². The number of amides is 1. The Morgan fingerprint density at radius 2 is 2.10 bits per heavy atom. The lowest BCUT2D eigenvalue weighted by molar-refractivity contribution is 0.00590. The molecule has 1 aliphatic heterocycles. The second kappa shape index (κ2) is 4.65. The van der Waals surface area contributed by atoms with Gasteiger partial charge in [-0.1, -0.05) is 0 Å². The first-order valence-electron chi connectivity index (χ1n) is 6.07. The molecule has 2 heterocycles. The number of hydrogen-bond donors (Lipinski definition) is 0. The molecule has 2 rings (SSSR count). The molecule has 0 spiro atoms. The number of rotatable bonds is 0. The first-order chi connectivity index (χ1) is 9.03. The summed E-state index contributed by atoms with van der Waals surface area (Å²) >= 11 is 3.24. The van der Waals surface area contributed by atoms with Crippen LogP contribution >= 0.6 is 15.9 Å². The molecule has 1 aliphatic rings. The van der Waals surface area contributed by atoms with E-state index in [9.17, 15) is 13.6 Å². The third-order valence-corrected chi connectivity index (χ3v) is 3.63. The van der Waals surface area contributed by atoms with Crippen molar-refractivity contribution in [3.63, 3.8) is 0 Å². The number of nitrogens with zero attached hydrogens (tertiary/aromatic N) is 2. The Hall–Kier alpha value is -1.24. The molecule has 0 N–H and O–H groups in total. The normalized spacial score (nSPS) is 17.1. The smallest absolute Gasteiger partial charge is 0.415 e. The van der Waals surface area contributed by atoms with Crippen LogP contribution in [0.2, 0.25) is 0 Å². The first kappa shape index (κ1) is 15.2. The van der Waals surface area contributed by atoms with E-state index in [-0.39, 0.29) is 11.4 Å². The molecule has 4 nitrogen and oxygen atoms in total. The largest absolute Gasteiger partial charge is 0.443 e. The lowest BCUT2D eigenvalue weighted by Gasteiger charge is -2.25. The molecule has 0 saturated heterocycles. The highest BCUT2D eigenvalue weighted by atomic mass is 79.9. The van der Waals surface area contributed by atoms with Crippen molar-refractivity contribution in [1.82, 2.24) is 4.98 Å². The first-order valence-corrected chi connectivity index (χ1v) is 6.86. The molecule has 1 aromatic heterocycles. The summed E-state index contributed by atoms with van der Waals surface area (Å²) < 4.78 is 33.7. The molecule has 0 saturated carbocycles. The third kappa shape index (κ3) is 2.63. The van der Waals surface area contributed by atoms with Gasteiger partial charge in [0.1, 0.15) is 11.3 Å². The van der Waals surface area contributed by atoms with E-state index >= 15 is 0 Å². The van der Waals surface area contributed by atoms with Crippen molar-refractivity contribution in [2.24, 2.45) is 0 Å². The van der Waals surface area contributed by atoms with Crippen LogP contribution in [0.1, 0.15) is 32.0 Å². The van der Waals surface area contributed by atoms with Gasteiger partial charge in [-0.15, -0.1) is 0 Å². The maximum Gasteiger partial charge on any atom is 0.415 e. The Morgan fingerprint density at radius 3 is 2.65 bits per heavy atom. The Morgan fingerprint density at radius 1 is 1.50 bits per heavy atom. The van der Waals surface area contributed by atoms with Crippen molar-refractivity contribution in [3.05, 3.63) is 21.9 Å². The fourth-order valence-electron chi connectivity index (χ4n) is 1.99. The highest BCUT2D eigenvalue weighted by Crippen LogP contribution is 2.45. The van der Waals surface area contributed by atoms with Crippen LogP contribution < -0.4 is 4.90 Å². The Balaban J connectivity index is 2.46. The molecule has 0 fully saturated rings. The summed E-state index contributed by atoms with van der Waals surface area (Å²) in [7, 11) is 0. The van der Waals surface area contributed by atoms with E-state index in [2.05, 4.69) is 20.9 Å². The summed E-state index contributed by atoms with van der Waals surface area (Å²) in [5, 5.41) is 0. The lowest BCUT2D eigenvalue weighted by Crippen LogP contribution is -2.38. The van der Waals surface area contributed by atoms with Gasteiger partial charge < -0.3 is 4.74 Å². The predicted molar refractivity (Wildman–Crippen MR) is 74.1 cm³/mol. The van der Waals surface area contributed by atoms with E-state index in [0.717, 1.165) is 4.90 Å². The minimum absolute atomic E-state index is 0.124. The highest BCUT2D eigenvalue weighted by molar-refractivity contribution is 9.10. The van der Waals surface area contributed by atoms with Gasteiger partial charge in [0.25, 0.3) is 0 Å². The van der Waals surface area contributed by atoms with E-state index < -0.39 is 24.2 Å². The predicted octanol–water partition coefficient (Wildman–Crippen LogP) is 4.00. The molecule has 0 bridgehead atoms. The summed E-state index contributed by atoms with van der Waals surface area (Å²) in [5.41, 5.74) is -0.469. The molecule has 0 radical (unpaired) electrons. The van der Waals surface area contributed by atoms with Crippen molar-refractivity contribution in [1.29, 1.82) is 0 Å². The van der Waals surface area contributed by atoms with E-state index in [1.54, 1.807) is 27.7 Å². The van der Waals surface area contributed by atoms with Gasteiger partial charge in [0.15, 0.2) is 0 Å². The maximum atomic E-state index is 14.0. The zero-order valence-electron chi connectivity index (χ0n) is 11.6. The van der Waals surface area contributed by atoms with Crippen LogP contribution in [0, 0.1) is 6.92 Å². The Labute approximate surface area is 124 Å². The average Bonchev–Trinajstić information content (AvgIpc) is 2.54. The molecule has 0 aromatic carbocycles. The molecule has 0 aliphatic carbocycles. The number of halogens is 3. The number of carbonyl (C=O) groups excluding carboxylic acids is 1. The Kier molecular flexibility index (Phi) is 3.52. The number of anilines is 1. The number of fused-ring (bicyclic) bond motifs is 1. The van der Waals surface area contributed by atoms with Crippen molar-refractivity contribution < 1.29 is 18.3 Å². The molecule has 0 atom stereocenters. The number of aromatic nitrogens is 1. The van der Waals surface area contributed by atoms with Crippen LogP contribution in [0.3, 0.4) is 0 Å². The second-order valence-electron chi connectivity index (χ2n) is 5.70. The van der Waals surface area contributed by atoms with E-state index in [1.165, 1.54) is 6.20 Å². The summed E-state index contributed by atoms with van der Waals surface area (Å²) in [6.07, 6.45) is 0.527. The molecule has 110 valence electrons. The van der Waals surface area contributed by atoms with Gasteiger partial charge in [-0.3, -0.25) is 9.88 Å². The van der Waals surface area contributed by atoms with E-state index in [1.807, 2.05) is 0 Å². The van der Waals surface area contributed by atoms with Gasteiger partial charge in [-0.25, -0.2) is 4.79 Å².